The first-order valence-electron chi connectivity index (χ1n) is 12.0. The molecule has 2 amide bonds. The molecule has 2 aromatic carbocycles. The summed E-state index contributed by atoms with van der Waals surface area (Å²) in [6.07, 6.45) is 2.06. The lowest BCUT2D eigenvalue weighted by molar-refractivity contribution is 0.179. The van der Waals surface area contributed by atoms with Crippen LogP contribution in [0, 0.1) is 12.8 Å². The number of carbonyl (C=O) groups is 1. The zero-order valence-corrected chi connectivity index (χ0v) is 20.6. The molecule has 0 aliphatic carbocycles. The molecule has 1 aliphatic rings. The molecule has 180 valence electrons. The standard InChI is InChI=1S/C28H31N5O2/c1-19(2)17-29-28(34)32-18-24-20(3)30-33(22-9-6-5-7-10-22)27(24)31-16-8-11-25(31)26(32)21-12-14-23(35-4)15-13-21/h5-16,19,26H,17-18H2,1-4H3,(H,29,34). The Balaban J connectivity index is 1.69. The second-order valence-electron chi connectivity index (χ2n) is 9.32. The quantitative estimate of drug-likeness (QED) is 0.434. The van der Waals surface area contributed by atoms with E-state index in [1.807, 2.05) is 65.0 Å². The van der Waals surface area contributed by atoms with Crippen LogP contribution >= 0.6 is 0 Å². The second kappa shape index (κ2) is 9.33. The van der Waals surface area contributed by atoms with Crippen molar-refractivity contribution in [3.8, 4) is 17.3 Å². The molecule has 0 radical (unpaired) electrons. The van der Waals surface area contributed by atoms with Gasteiger partial charge < -0.3 is 19.5 Å². The van der Waals surface area contributed by atoms with Gasteiger partial charge in [0.25, 0.3) is 0 Å². The highest BCUT2D eigenvalue weighted by Crippen LogP contribution is 2.38. The van der Waals surface area contributed by atoms with Crippen molar-refractivity contribution >= 4 is 6.03 Å². The Bertz CT molecular complexity index is 1320. The predicted molar refractivity (Wildman–Crippen MR) is 136 cm³/mol. The summed E-state index contributed by atoms with van der Waals surface area (Å²) in [5.41, 5.74) is 4.94. The summed E-state index contributed by atoms with van der Waals surface area (Å²) in [6.45, 7) is 7.26. The maximum atomic E-state index is 13.6. The van der Waals surface area contributed by atoms with E-state index < -0.39 is 0 Å². The number of nitrogens with one attached hydrogen (secondary N) is 1. The van der Waals surface area contributed by atoms with Gasteiger partial charge in [-0.2, -0.15) is 5.10 Å². The van der Waals surface area contributed by atoms with Crippen LogP contribution in [0.25, 0.3) is 11.5 Å². The van der Waals surface area contributed by atoms with Gasteiger partial charge in [0.05, 0.1) is 36.8 Å². The lowest BCUT2D eigenvalue weighted by Gasteiger charge is -2.31. The molecule has 35 heavy (non-hydrogen) atoms. The number of para-hydroxylation sites is 1. The first-order chi connectivity index (χ1) is 17.0. The number of methoxy groups -OCH3 is 1. The largest absolute Gasteiger partial charge is 0.497 e. The van der Waals surface area contributed by atoms with Crippen LogP contribution in [-0.4, -0.2) is 38.9 Å². The SMILES string of the molecule is COc1ccc(C2c3cccn3-c3c(c(C)nn3-c3ccccc3)CN2C(=O)NCC(C)C)cc1. The van der Waals surface area contributed by atoms with Gasteiger partial charge in [0.2, 0.25) is 0 Å². The summed E-state index contributed by atoms with van der Waals surface area (Å²) in [5, 5.41) is 8.03. The van der Waals surface area contributed by atoms with Gasteiger partial charge in [-0.25, -0.2) is 9.48 Å². The van der Waals surface area contributed by atoms with Crippen molar-refractivity contribution in [1.82, 2.24) is 24.6 Å². The van der Waals surface area contributed by atoms with Gasteiger partial charge in [-0.1, -0.05) is 44.2 Å². The maximum absolute atomic E-state index is 13.6. The number of ether oxygens (including phenoxy) is 1. The molecule has 2 aromatic heterocycles. The molecule has 0 saturated carbocycles. The Morgan fingerprint density at radius 3 is 2.51 bits per heavy atom. The van der Waals surface area contributed by atoms with Crippen LogP contribution in [0.2, 0.25) is 0 Å². The molecular weight excluding hydrogens is 438 g/mol. The summed E-state index contributed by atoms with van der Waals surface area (Å²) in [5.74, 6) is 2.10. The van der Waals surface area contributed by atoms with Crippen molar-refractivity contribution in [3.63, 3.8) is 0 Å². The Labute approximate surface area is 205 Å². The molecule has 1 atom stereocenters. The number of aryl methyl sites for hydroxylation is 1. The molecule has 0 saturated heterocycles. The van der Waals surface area contributed by atoms with Crippen LogP contribution < -0.4 is 10.1 Å². The number of rotatable bonds is 5. The Kier molecular flexibility index (Phi) is 6.07. The zero-order valence-electron chi connectivity index (χ0n) is 20.6. The fourth-order valence-electron chi connectivity index (χ4n) is 4.68. The summed E-state index contributed by atoms with van der Waals surface area (Å²) in [6, 6.07) is 21.8. The summed E-state index contributed by atoms with van der Waals surface area (Å²) in [7, 11) is 1.66. The van der Waals surface area contributed by atoms with Gasteiger partial charge in [-0.05, 0) is 54.8 Å². The first-order valence-corrected chi connectivity index (χ1v) is 12.0. The Morgan fingerprint density at radius 2 is 1.83 bits per heavy atom. The van der Waals surface area contributed by atoms with Gasteiger partial charge in [0.1, 0.15) is 11.6 Å². The molecule has 1 unspecified atom stereocenters. The van der Waals surface area contributed by atoms with Crippen molar-refractivity contribution in [2.75, 3.05) is 13.7 Å². The van der Waals surface area contributed by atoms with E-state index >= 15 is 0 Å². The lowest BCUT2D eigenvalue weighted by atomic mass is 10.0. The number of nitrogens with zero attached hydrogens (tertiary/aromatic N) is 4. The number of urea groups is 1. The van der Waals surface area contributed by atoms with Crippen LogP contribution in [0.5, 0.6) is 5.75 Å². The van der Waals surface area contributed by atoms with E-state index in [9.17, 15) is 4.79 Å². The number of aromatic nitrogens is 3. The average Bonchev–Trinajstić information content (AvgIpc) is 3.43. The van der Waals surface area contributed by atoms with Gasteiger partial charge in [-0.3, -0.25) is 0 Å². The van der Waals surface area contributed by atoms with Crippen molar-refractivity contribution in [1.29, 1.82) is 0 Å². The van der Waals surface area contributed by atoms with Crippen LogP contribution in [0.4, 0.5) is 4.79 Å². The summed E-state index contributed by atoms with van der Waals surface area (Å²) < 4.78 is 9.54. The molecule has 7 heteroatoms. The van der Waals surface area contributed by atoms with Crippen LogP contribution in [-0.2, 0) is 6.54 Å². The molecule has 4 aromatic rings. The molecule has 5 rings (SSSR count). The fraction of sp³-hybridized carbons (Fsp3) is 0.286. The second-order valence-corrected chi connectivity index (χ2v) is 9.32. The van der Waals surface area contributed by atoms with Gasteiger partial charge >= 0.3 is 6.03 Å². The highest BCUT2D eigenvalue weighted by Gasteiger charge is 2.35. The van der Waals surface area contributed by atoms with Crippen LogP contribution in [0.15, 0.2) is 72.9 Å². The minimum atomic E-state index is -0.279. The van der Waals surface area contributed by atoms with Gasteiger partial charge in [0.15, 0.2) is 0 Å². The molecule has 0 spiro atoms. The van der Waals surface area contributed by atoms with E-state index in [-0.39, 0.29) is 12.1 Å². The number of amides is 2. The fourth-order valence-corrected chi connectivity index (χ4v) is 4.68. The third kappa shape index (κ3) is 4.18. The number of hydrogen-bond donors (Lipinski definition) is 1. The van der Waals surface area contributed by atoms with E-state index in [0.717, 1.165) is 39.8 Å². The van der Waals surface area contributed by atoms with E-state index in [2.05, 4.69) is 48.1 Å². The zero-order chi connectivity index (χ0) is 24.5. The van der Waals surface area contributed by atoms with Crippen molar-refractivity contribution in [2.45, 2.75) is 33.4 Å². The number of hydrogen-bond acceptors (Lipinski definition) is 3. The third-order valence-corrected chi connectivity index (χ3v) is 6.44. The van der Waals surface area contributed by atoms with Crippen molar-refractivity contribution in [2.24, 2.45) is 5.92 Å². The molecule has 0 fully saturated rings. The Morgan fingerprint density at radius 1 is 1.09 bits per heavy atom. The van der Waals surface area contributed by atoms with Gasteiger partial charge in [-0.15, -0.1) is 0 Å². The Hall–Kier alpha value is -4.00. The molecule has 1 N–H and O–H groups in total. The minimum absolute atomic E-state index is 0.0908. The van der Waals surface area contributed by atoms with E-state index in [4.69, 9.17) is 9.84 Å². The smallest absolute Gasteiger partial charge is 0.318 e. The van der Waals surface area contributed by atoms with Crippen LogP contribution in [0.1, 0.15) is 42.4 Å². The summed E-state index contributed by atoms with van der Waals surface area (Å²) >= 11 is 0. The molecular formula is C28H31N5O2. The summed E-state index contributed by atoms with van der Waals surface area (Å²) in [4.78, 5) is 15.6. The first kappa shape index (κ1) is 22.8. The molecule has 0 bridgehead atoms. The normalized spacial score (nSPS) is 14.9. The highest BCUT2D eigenvalue weighted by atomic mass is 16.5. The predicted octanol–water partition coefficient (Wildman–Crippen LogP) is 5.25. The van der Waals surface area contributed by atoms with E-state index in [0.29, 0.717) is 19.0 Å². The number of benzene rings is 2. The van der Waals surface area contributed by atoms with Crippen molar-refractivity contribution < 1.29 is 9.53 Å². The number of fused-ring (bicyclic) bond motifs is 3. The monoisotopic (exact) mass is 469 g/mol. The maximum Gasteiger partial charge on any atom is 0.318 e. The number of carbonyl (C=O) groups excluding carboxylic acids is 1. The van der Waals surface area contributed by atoms with Crippen molar-refractivity contribution in [3.05, 3.63) is 95.4 Å². The van der Waals surface area contributed by atoms with E-state index in [1.54, 1.807) is 7.11 Å². The minimum Gasteiger partial charge on any atom is -0.497 e. The topological polar surface area (TPSA) is 64.3 Å². The third-order valence-electron chi connectivity index (χ3n) is 6.44. The van der Waals surface area contributed by atoms with Crippen LogP contribution in [0.3, 0.4) is 0 Å². The average molecular weight is 470 g/mol. The highest BCUT2D eigenvalue weighted by molar-refractivity contribution is 5.76. The van der Waals surface area contributed by atoms with Gasteiger partial charge in [0, 0.05) is 18.3 Å². The molecule has 3 heterocycles. The molecule has 1 aliphatic heterocycles. The lowest BCUT2D eigenvalue weighted by Crippen LogP contribution is -2.43. The molecule has 7 nitrogen and oxygen atoms in total. The van der Waals surface area contributed by atoms with E-state index in [1.165, 1.54) is 0 Å².